The van der Waals surface area contributed by atoms with Crippen molar-refractivity contribution < 1.29 is 23.5 Å². The van der Waals surface area contributed by atoms with E-state index >= 15 is 0 Å². The van der Waals surface area contributed by atoms with Gasteiger partial charge in [-0.1, -0.05) is 30.4 Å². The molecule has 4 N–H and O–H groups in total. The van der Waals surface area contributed by atoms with Crippen LogP contribution in [0.3, 0.4) is 0 Å². The van der Waals surface area contributed by atoms with Gasteiger partial charge in [-0.05, 0) is 39.6 Å². The number of aliphatic carboxylic acids is 1. The predicted octanol–water partition coefficient (Wildman–Crippen LogP) is 2.79. The summed E-state index contributed by atoms with van der Waals surface area (Å²) < 4.78 is 26.8. The fourth-order valence-corrected chi connectivity index (χ4v) is 5.71. The first-order valence-electron chi connectivity index (χ1n) is 12.6. The van der Waals surface area contributed by atoms with E-state index in [4.69, 9.17) is 14.8 Å². The number of nitrogen functional groups attached to an aromatic ring is 1. The molecule has 2 aromatic heterocycles. The number of aromatic nitrogens is 4. The molecule has 0 amide bonds. The molecular formula is C25H35N8O5P. The minimum Gasteiger partial charge on any atom is -0.480 e. The zero-order valence-electron chi connectivity index (χ0n) is 22.5. The SMILES string of the molecule is C[C@H](N[P@](=O)(OC[C@@H]1C=C[C@H](n2cnc3c(N(C)CCN(C)C)nc(N)nc32)C1)Oc1ccccc1)C(=O)O. The van der Waals surface area contributed by atoms with Gasteiger partial charge in [-0.25, -0.2) is 9.55 Å². The Bertz CT molecular complexity index is 1370. The molecule has 3 aromatic rings. The van der Waals surface area contributed by atoms with Gasteiger partial charge in [-0.15, -0.1) is 0 Å². The van der Waals surface area contributed by atoms with Gasteiger partial charge < -0.3 is 29.7 Å². The minimum absolute atomic E-state index is 0.0543. The number of benzene rings is 1. The molecule has 2 heterocycles. The maximum Gasteiger partial charge on any atom is 0.459 e. The molecule has 1 aliphatic rings. The van der Waals surface area contributed by atoms with Crippen molar-refractivity contribution in [1.82, 2.24) is 29.5 Å². The number of carboxylic acids is 1. The van der Waals surface area contributed by atoms with E-state index in [-0.39, 0.29) is 24.5 Å². The minimum atomic E-state index is -3.99. The largest absolute Gasteiger partial charge is 0.480 e. The van der Waals surface area contributed by atoms with Crippen molar-refractivity contribution in [2.45, 2.75) is 25.4 Å². The molecule has 0 radical (unpaired) electrons. The Balaban J connectivity index is 1.46. The lowest BCUT2D eigenvalue weighted by Gasteiger charge is -2.23. The molecule has 1 aromatic carbocycles. The highest BCUT2D eigenvalue weighted by Gasteiger charge is 2.33. The fraction of sp³-hybridized carbons (Fsp3) is 0.440. The first-order chi connectivity index (χ1) is 18.5. The molecule has 39 heavy (non-hydrogen) atoms. The lowest BCUT2D eigenvalue weighted by molar-refractivity contribution is -0.138. The van der Waals surface area contributed by atoms with Gasteiger partial charge in [0.15, 0.2) is 17.0 Å². The highest BCUT2D eigenvalue weighted by atomic mass is 31.2. The van der Waals surface area contributed by atoms with Crippen molar-refractivity contribution >= 4 is 36.6 Å². The fourth-order valence-electron chi connectivity index (χ4n) is 4.16. The number of carbonyl (C=O) groups is 1. The predicted molar refractivity (Wildman–Crippen MR) is 149 cm³/mol. The number of allylic oxidation sites excluding steroid dienone is 1. The van der Waals surface area contributed by atoms with Crippen LogP contribution in [0, 0.1) is 5.92 Å². The van der Waals surface area contributed by atoms with Crippen LogP contribution in [-0.4, -0.2) is 82.4 Å². The number of carboxylic acid groups (broad SMARTS) is 1. The molecule has 0 fully saturated rings. The van der Waals surface area contributed by atoms with Crippen LogP contribution in [0.2, 0.25) is 0 Å². The monoisotopic (exact) mass is 558 g/mol. The van der Waals surface area contributed by atoms with Crippen molar-refractivity contribution in [2.24, 2.45) is 5.92 Å². The lowest BCUT2D eigenvalue weighted by atomic mass is 10.1. The number of imidazole rings is 1. The Morgan fingerprint density at radius 1 is 1.23 bits per heavy atom. The van der Waals surface area contributed by atoms with Crippen LogP contribution in [-0.2, 0) is 13.9 Å². The van der Waals surface area contributed by atoms with Crippen LogP contribution >= 0.6 is 7.75 Å². The number of para-hydroxylation sites is 1. The summed E-state index contributed by atoms with van der Waals surface area (Å²) in [5, 5.41) is 11.8. The van der Waals surface area contributed by atoms with Crippen LogP contribution < -0.4 is 20.2 Å². The van der Waals surface area contributed by atoms with E-state index in [1.165, 1.54) is 6.92 Å². The van der Waals surface area contributed by atoms with Gasteiger partial charge in [-0.3, -0.25) is 9.32 Å². The molecule has 4 atom stereocenters. The number of nitrogens with zero attached hydrogens (tertiary/aromatic N) is 6. The second kappa shape index (κ2) is 12.1. The first kappa shape index (κ1) is 28.5. The Labute approximate surface area is 227 Å². The van der Waals surface area contributed by atoms with Gasteiger partial charge in [-0.2, -0.15) is 15.1 Å². The Morgan fingerprint density at radius 2 is 1.97 bits per heavy atom. The number of nitrogens with two attached hydrogens (primary N) is 1. The molecule has 0 aliphatic heterocycles. The van der Waals surface area contributed by atoms with Crippen molar-refractivity contribution in [3.8, 4) is 5.75 Å². The molecule has 1 aliphatic carbocycles. The van der Waals surface area contributed by atoms with E-state index < -0.39 is 19.8 Å². The van der Waals surface area contributed by atoms with Crippen LogP contribution in [0.4, 0.5) is 11.8 Å². The highest BCUT2D eigenvalue weighted by Crippen LogP contribution is 2.46. The molecule has 0 bridgehead atoms. The third kappa shape index (κ3) is 7.12. The molecule has 0 saturated carbocycles. The Morgan fingerprint density at radius 3 is 2.67 bits per heavy atom. The quantitative estimate of drug-likeness (QED) is 0.208. The van der Waals surface area contributed by atoms with Crippen molar-refractivity contribution in [1.29, 1.82) is 0 Å². The van der Waals surface area contributed by atoms with E-state index in [2.05, 4.69) is 24.9 Å². The lowest BCUT2D eigenvalue weighted by Crippen LogP contribution is -2.33. The molecule has 210 valence electrons. The van der Waals surface area contributed by atoms with Crippen LogP contribution in [0.15, 0.2) is 48.8 Å². The van der Waals surface area contributed by atoms with Crippen molar-refractivity contribution in [3.63, 3.8) is 0 Å². The molecule has 4 rings (SSSR count). The van der Waals surface area contributed by atoms with Gasteiger partial charge in [0.25, 0.3) is 0 Å². The standard InChI is InChI=1S/C25H35N8O5P/c1-17(24(34)35)30-39(36,38-20-8-6-5-7-9-20)37-15-18-10-11-19(14-18)33-16-27-21-22(28-25(26)29-23(21)33)32(4)13-12-31(2)3/h5-11,16-19H,12-15H2,1-4H3,(H,30,36)(H,34,35)(H2,26,28,29)/t17-,18+,19-,39-/m0/s1. The van der Waals surface area contributed by atoms with E-state index in [1.54, 1.807) is 36.7 Å². The second-order valence-electron chi connectivity index (χ2n) is 9.79. The smallest absolute Gasteiger partial charge is 0.459 e. The van der Waals surface area contributed by atoms with E-state index in [1.807, 2.05) is 42.8 Å². The molecular weight excluding hydrogens is 523 g/mol. The zero-order chi connectivity index (χ0) is 28.2. The molecule has 0 unspecified atom stereocenters. The summed E-state index contributed by atoms with van der Waals surface area (Å²) in [4.78, 5) is 29.0. The first-order valence-corrected chi connectivity index (χ1v) is 14.1. The van der Waals surface area contributed by atoms with Crippen LogP contribution in [0.1, 0.15) is 19.4 Å². The second-order valence-corrected chi connectivity index (χ2v) is 11.5. The summed E-state index contributed by atoms with van der Waals surface area (Å²) >= 11 is 0. The number of fused-ring (bicyclic) bond motifs is 1. The Kier molecular flexibility index (Phi) is 8.86. The summed E-state index contributed by atoms with van der Waals surface area (Å²) in [5.41, 5.74) is 7.34. The summed E-state index contributed by atoms with van der Waals surface area (Å²) in [6.45, 7) is 3.02. The van der Waals surface area contributed by atoms with E-state index in [9.17, 15) is 14.5 Å². The van der Waals surface area contributed by atoms with Crippen molar-refractivity contribution in [3.05, 3.63) is 48.8 Å². The van der Waals surface area contributed by atoms with Gasteiger partial charge in [0.1, 0.15) is 11.8 Å². The van der Waals surface area contributed by atoms with Crippen molar-refractivity contribution in [2.75, 3.05) is 51.5 Å². The summed E-state index contributed by atoms with van der Waals surface area (Å²) in [6.07, 6.45) is 6.33. The summed E-state index contributed by atoms with van der Waals surface area (Å²) in [5.74, 6) is -0.146. The van der Waals surface area contributed by atoms with Crippen LogP contribution in [0.25, 0.3) is 11.2 Å². The van der Waals surface area contributed by atoms with Crippen LogP contribution in [0.5, 0.6) is 5.75 Å². The number of nitrogens with one attached hydrogen (secondary N) is 1. The van der Waals surface area contributed by atoms with Gasteiger partial charge in [0, 0.05) is 26.1 Å². The number of anilines is 2. The highest BCUT2D eigenvalue weighted by molar-refractivity contribution is 7.52. The van der Waals surface area contributed by atoms with Gasteiger partial charge in [0.2, 0.25) is 5.95 Å². The zero-order valence-corrected chi connectivity index (χ0v) is 23.4. The average molecular weight is 559 g/mol. The molecule has 0 spiro atoms. The third-order valence-corrected chi connectivity index (χ3v) is 7.96. The number of hydrogen-bond donors (Lipinski definition) is 3. The average Bonchev–Trinajstić information content (AvgIpc) is 3.53. The molecule has 0 saturated heterocycles. The maximum atomic E-state index is 13.5. The normalized spacial score (nSPS) is 19.3. The summed E-state index contributed by atoms with van der Waals surface area (Å²) in [6, 6.07) is 7.26. The topological polar surface area (TPSA) is 161 Å². The maximum absolute atomic E-state index is 13.5. The molecule has 13 nitrogen and oxygen atoms in total. The summed E-state index contributed by atoms with van der Waals surface area (Å²) in [7, 11) is 1.97. The third-order valence-electron chi connectivity index (χ3n) is 6.32. The van der Waals surface area contributed by atoms with E-state index in [0.717, 1.165) is 13.1 Å². The molecule has 14 heteroatoms. The number of hydrogen-bond acceptors (Lipinski definition) is 10. The van der Waals surface area contributed by atoms with Gasteiger partial charge >= 0.3 is 13.7 Å². The number of rotatable bonds is 13. The Hall–Kier alpha value is -3.51. The van der Waals surface area contributed by atoms with E-state index in [0.29, 0.717) is 29.2 Å². The van der Waals surface area contributed by atoms with Gasteiger partial charge in [0.05, 0.1) is 19.0 Å². The number of likely N-dealkylation sites (N-methyl/N-ethyl adjacent to an activating group) is 2.